The molecule has 3 heterocycles. The predicted octanol–water partition coefficient (Wildman–Crippen LogP) is 3.78. The summed E-state index contributed by atoms with van der Waals surface area (Å²) in [6, 6.07) is 19.2. The van der Waals surface area contributed by atoms with E-state index in [2.05, 4.69) is 74.5 Å². The zero-order valence-electron chi connectivity index (χ0n) is 19.7. The van der Waals surface area contributed by atoms with Gasteiger partial charge in [-0.25, -0.2) is 9.67 Å². The summed E-state index contributed by atoms with van der Waals surface area (Å²) in [4.78, 5) is 22.3. The van der Waals surface area contributed by atoms with E-state index in [0.717, 1.165) is 44.2 Å². The van der Waals surface area contributed by atoms with Crippen LogP contribution in [-0.2, 0) is 17.9 Å². The Hall–Kier alpha value is -2.99. The molecule has 0 N–H and O–H groups in total. The maximum Gasteiger partial charge on any atom is 0.237 e. The SMILES string of the molecule is Cc1nc(C)n(CC2CCCN(CC(=O)N3Cc4ccccc4C(c4ccccc4)C3)C2)n1. The van der Waals surface area contributed by atoms with E-state index in [-0.39, 0.29) is 11.8 Å². The standard InChI is InChI=1S/C27H33N5O/c1-20-28-21(2)32(29-20)16-22-9-8-14-30(15-22)19-27(33)31-17-24-12-6-7-13-25(24)26(18-31)23-10-4-3-5-11-23/h3-7,10-13,22,26H,8-9,14-19H2,1-2H3. The van der Waals surface area contributed by atoms with E-state index in [1.54, 1.807) is 0 Å². The number of nitrogens with zero attached hydrogens (tertiary/aromatic N) is 5. The fourth-order valence-corrected chi connectivity index (χ4v) is 5.48. The number of aryl methyl sites for hydroxylation is 2. The van der Waals surface area contributed by atoms with E-state index in [9.17, 15) is 4.79 Å². The van der Waals surface area contributed by atoms with Crippen LogP contribution in [0.15, 0.2) is 54.6 Å². The summed E-state index contributed by atoms with van der Waals surface area (Å²) in [5, 5.41) is 4.53. The van der Waals surface area contributed by atoms with Crippen molar-refractivity contribution in [3.05, 3.63) is 82.9 Å². The van der Waals surface area contributed by atoms with Crippen LogP contribution < -0.4 is 0 Å². The van der Waals surface area contributed by atoms with Crippen LogP contribution in [0.5, 0.6) is 0 Å². The lowest BCUT2D eigenvalue weighted by Crippen LogP contribution is -2.47. The molecule has 2 atom stereocenters. The van der Waals surface area contributed by atoms with E-state index in [0.29, 0.717) is 19.0 Å². The molecule has 1 aromatic heterocycles. The minimum atomic E-state index is 0.229. The number of carbonyl (C=O) groups excluding carboxylic acids is 1. The summed E-state index contributed by atoms with van der Waals surface area (Å²) < 4.78 is 2.03. The fourth-order valence-electron chi connectivity index (χ4n) is 5.48. The molecule has 1 amide bonds. The third-order valence-corrected chi connectivity index (χ3v) is 7.11. The number of likely N-dealkylation sites (tertiary alicyclic amines) is 1. The minimum absolute atomic E-state index is 0.229. The molecule has 2 unspecified atom stereocenters. The van der Waals surface area contributed by atoms with Crippen LogP contribution in [0, 0.1) is 19.8 Å². The lowest BCUT2D eigenvalue weighted by Gasteiger charge is -2.38. The number of hydrogen-bond acceptors (Lipinski definition) is 4. The van der Waals surface area contributed by atoms with Crippen LogP contribution >= 0.6 is 0 Å². The van der Waals surface area contributed by atoms with E-state index < -0.39 is 0 Å². The molecular weight excluding hydrogens is 410 g/mol. The number of hydrogen-bond donors (Lipinski definition) is 0. The van der Waals surface area contributed by atoms with Crippen molar-refractivity contribution >= 4 is 5.91 Å². The van der Waals surface area contributed by atoms with Crippen molar-refractivity contribution in [1.82, 2.24) is 24.6 Å². The van der Waals surface area contributed by atoms with Crippen LogP contribution in [-0.4, -0.2) is 56.7 Å². The van der Waals surface area contributed by atoms with Crippen molar-refractivity contribution < 1.29 is 4.79 Å². The number of benzene rings is 2. The lowest BCUT2D eigenvalue weighted by atomic mass is 9.84. The fraction of sp³-hybridized carbons (Fsp3) is 0.444. The Kier molecular flexibility index (Phi) is 6.27. The van der Waals surface area contributed by atoms with Crippen molar-refractivity contribution in [1.29, 1.82) is 0 Å². The van der Waals surface area contributed by atoms with Crippen LogP contribution in [0.2, 0.25) is 0 Å². The first-order valence-corrected chi connectivity index (χ1v) is 12.1. The predicted molar refractivity (Wildman–Crippen MR) is 129 cm³/mol. The molecule has 2 aliphatic heterocycles. The van der Waals surface area contributed by atoms with Gasteiger partial charge in [-0.05, 0) is 55.8 Å². The second-order valence-electron chi connectivity index (χ2n) is 9.57. The molecule has 1 fully saturated rings. The zero-order chi connectivity index (χ0) is 22.8. The monoisotopic (exact) mass is 443 g/mol. The molecule has 0 aliphatic carbocycles. The molecule has 0 bridgehead atoms. The van der Waals surface area contributed by atoms with Crippen molar-refractivity contribution in [2.75, 3.05) is 26.2 Å². The normalized spacial score (nSPS) is 21.1. The van der Waals surface area contributed by atoms with Crippen LogP contribution in [0.4, 0.5) is 0 Å². The Bertz CT molecular complexity index is 1110. The zero-order valence-corrected chi connectivity index (χ0v) is 19.7. The smallest absolute Gasteiger partial charge is 0.237 e. The van der Waals surface area contributed by atoms with Gasteiger partial charge in [0.2, 0.25) is 5.91 Å². The van der Waals surface area contributed by atoms with E-state index in [1.807, 2.05) is 18.5 Å². The van der Waals surface area contributed by atoms with Gasteiger partial charge in [0.15, 0.2) is 0 Å². The van der Waals surface area contributed by atoms with Gasteiger partial charge in [0.25, 0.3) is 0 Å². The summed E-state index contributed by atoms with van der Waals surface area (Å²) in [5.41, 5.74) is 3.89. The van der Waals surface area contributed by atoms with Gasteiger partial charge in [0.1, 0.15) is 11.6 Å². The number of amides is 1. The number of piperidine rings is 1. The maximum absolute atomic E-state index is 13.4. The molecule has 3 aromatic rings. The number of aromatic nitrogens is 3. The van der Waals surface area contributed by atoms with Gasteiger partial charge in [-0.3, -0.25) is 9.69 Å². The Labute approximate surface area is 196 Å². The molecule has 172 valence electrons. The molecule has 6 nitrogen and oxygen atoms in total. The Morgan fingerprint density at radius 3 is 2.61 bits per heavy atom. The second kappa shape index (κ2) is 9.48. The van der Waals surface area contributed by atoms with E-state index >= 15 is 0 Å². The van der Waals surface area contributed by atoms with E-state index in [4.69, 9.17) is 0 Å². The highest BCUT2D eigenvalue weighted by Gasteiger charge is 2.30. The molecule has 0 radical (unpaired) electrons. The quantitative estimate of drug-likeness (QED) is 0.602. The largest absolute Gasteiger partial charge is 0.336 e. The first kappa shape index (κ1) is 21.8. The van der Waals surface area contributed by atoms with Crippen LogP contribution in [0.25, 0.3) is 0 Å². The summed E-state index contributed by atoms with van der Waals surface area (Å²) in [6.45, 7) is 8.71. The molecule has 5 rings (SSSR count). The highest BCUT2D eigenvalue weighted by molar-refractivity contribution is 5.79. The van der Waals surface area contributed by atoms with Gasteiger partial charge in [-0.1, -0.05) is 54.6 Å². The van der Waals surface area contributed by atoms with Gasteiger partial charge >= 0.3 is 0 Å². The van der Waals surface area contributed by atoms with E-state index in [1.165, 1.54) is 23.1 Å². The molecular formula is C27H33N5O. The summed E-state index contributed by atoms with van der Waals surface area (Å²) in [6.07, 6.45) is 2.30. The lowest BCUT2D eigenvalue weighted by molar-refractivity contribution is -0.134. The molecule has 6 heteroatoms. The minimum Gasteiger partial charge on any atom is -0.336 e. The average molecular weight is 444 g/mol. The van der Waals surface area contributed by atoms with Crippen molar-refractivity contribution in [2.24, 2.45) is 5.92 Å². The van der Waals surface area contributed by atoms with Crippen molar-refractivity contribution in [3.8, 4) is 0 Å². The molecule has 2 aromatic carbocycles. The highest BCUT2D eigenvalue weighted by atomic mass is 16.2. The Balaban J connectivity index is 1.26. The molecule has 1 saturated heterocycles. The highest BCUT2D eigenvalue weighted by Crippen LogP contribution is 2.33. The Morgan fingerprint density at radius 1 is 1.03 bits per heavy atom. The topological polar surface area (TPSA) is 54.3 Å². The molecule has 0 spiro atoms. The third-order valence-electron chi connectivity index (χ3n) is 7.11. The van der Waals surface area contributed by atoms with Gasteiger partial charge in [0, 0.05) is 32.1 Å². The van der Waals surface area contributed by atoms with Gasteiger partial charge in [-0.2, -0.15) is 5.10 Å². The van der Waals surface area contributed by atoms with Crippen molar-refractivity contribution in [3.63, 3.8) is 0 Å². The molecule has 0 saturated carbocycles. The van der Waals surface area contributed by atoms with Crippen LogP contribution in [0.3, 0.4) is 0 Å². The summed E-state index contributed by atoms with van der Waals surface area (Å²) in [7, 11) is 0. The maximum atomic E-state index is 13.4. The number of rotatable bonds is 5. The summed E-state index contributed by atoms with van der Waals surface area (Å²) >= 11 is 0. The average Bonchev–Trinajstić information content (AvgIpc) is 3.15. The number of fused-ring (bicyclic) bond motifs is 1. The van der Waals surface area contributed by atoms with Gasteiger partial charge in [0.05, 0.1) is 6.54 Å². The van der Waals surface area contributed by atoms with Crippen molar-refractivity contribution in [2.45, 2.75) is 45.7 Å². The molecule has 2 aliphatic rings. The summed E-state index contributed by atoms with van der Waals surface area (Å²) in [5.74, 6) is 2.77. The first-order valence-electron chi connectivity index (χ1n) is 12.1. The second-order valence-corrected chi connectivity index (χ2v) is 9.57. The first-order chi connectivity index (χ1) is 16.1. The number of carbonyl (C=O) groups is 1. The van der Waals surface area contributed by atoms with Gasteiger partial charge in [-0.15, -0.1) is 0 Å². The van der Waals surface area contributed by atoms with Crippen LogP contribution in [0.1, 0.15) is 47.1 Å². The Morgan fingerprint density at radius 2 is 1.82 bits per heavy atom. The molecule has 33 heavy (non-hydrogen) atoms. The van der Waals surface area contributed by atoms with Gasteiger partial charge < -0.3 is 4.90 Å². The third kappa shape index (κ3) is 4.86.